The molecular formula is C24H34N2O6. The maximum Gasteiger partial charge on any atom is 0.408 e. The number of ketones is 1. The van der Waals surface area contributed by atoms with E-state index in [-0.39, 0.29) is 31.1 Å². The fraction of sp³-hybridized carbons (Fsp3) is 0.583. The number of ether oxygens (including phenoxy) is 2. The zero-order valence-electron chi connectivity index (χ0n) is 19.7. The van der Waals surface area contributed by atoms with E-state index in [1.165, 1.54) is 13.3 Å². The van der Waals surface area contributed by atoms with Crippen molar-refractivity contribution in [1.29, 1.82) is 0 Å². The van der Waals surface area contributed by atoms with Gasteiger partial charge in [0.15, 0.2) is 11.3 Å². The number of hydrogen-bond acceptors (Lipinski definition) is 7. The summed E-state index contributed by atoms with van der Waals surface area (Å²) < 4.78 is 10.5. The molecule has 1 amide bonds. The van der Waals surface area contributed by atoms with Gasteiger partial charge in [0, 0.05) is 25.7 Å². The van der Waals surface area contributed by atoms with Crippen molar-refractivity contribution in [2.75, 3.05) is 13.7 Å². The average molecular weight is 447 g/mol. The fourth-order valence-electron chi connectivity index (χ4n) is 4.11. The Hall–Kier alpha value is -2.74. The number of methoxy groups -OCH3 is 1. The van der Waals surface area contributed by atoms with Crippen LogP contribution in [0, 0.1) is 11.8 Å². The van der Waals surface area contributed by atoms with Crippen molar-refractivity contribution in [3.63, 3.8) is 0 Å². The summed E-state index contributed by atoms with van der Waals surface area (Å²) in [6.45, 7) is 8.55. The van der Waals surface area contributed by atoms with E-state index in [0.29, 0.717) is 0 Å². The van der Waals surface area contributed by atoms with Crippen LogP contribution in [0.1, 0.15) is 46.6 Å². The highest BCUT2D eigenvalue weighted by atomic mass is 16.6. The second-order valence-electron chi connectivity index (χ2n) is 9.42. The molecule has 1 unspecified atom stereocenters. The topological polar surface area (TPSA) is 114 Å². The van der Waals surface area contributed by atoms with Gasteiger partial charge in [-0.3, -0.25) is 9.79 Å². The van der Waals surface area contributed by atoms with Gasteiger partial charge in [0.2, 0.25) is 0 Å². The Kier molecular flexibility index (Phi) is 7.83. The maximum atomic E-state index is 13.7. The van der Waals surface area contributed by atoms with Gasteiger partial charge < -0.3 is 19.9 Å². The van der Waals surface area contributed by atoms with Crippen LogP contribution in [0.5, 0.6) is 0 Å². The van der Waals surface area contributed by atoms with Gasteiger partial charge in [-0.2, -0.15) is 0 Å². The normalized spacial score (nSPS) is 22.5. The Balaban J connectivity index is 2.60. The molecule has 8 heteroatoms. The number of rotatable bonds is 8. The van der Waals surface area contributed by atoms with Crippen LogP contribution >= 0.6 is 0 Å². The summed E-state index contributed by atoms with van der Waals surface area (Å²) in [7, 11) is 1.21. The maximum absolute atomic E-state index is 13.7. The molecule has 8 nitrogen and oxygen atoms in total. The quantitative estimate of drug-likeness (QED) is 0.594. The lowest BCUT2D eigenvalue weighted by atomic mass is 9.70. The predicted octanol–water partition coefficient (Wildman–Crippen LogP) is 2.71. The number of aliphatic hydroxyl groups is 1. The van der Waals surface area contributed by atoms with E-state index in [2.05, 4.69) is 10.3 Å². The van der Waals surface area contributed by atoms with Crippen LogP contribution in [0.4, 0.5) is 4.79 Å². The molecule has 3 atom stereocenters. The minimum atomic E-state index is -1.77. The number of aliphatic hydroxyl groups excluding tert-OH is 1. The molecule has 0 saturated carbocycles. The highest BCUT2D eigenvalue weighted by molar-refractivity contribution is 6.11. The SMILES string of the molecule is COC(=O)[C@@](Cc1ccccc1)(NC(=O)OC(C)(C)C)C1C=N[C@](CCO)(C(C)C)C1=O. The molecule has 2 rings (SSSR count). The van der Waals surface area contributed by atoms with Crippen LogP contribution in [0.2, 0.25) is 0 Å². The van der Waals surface area contributed by atoms with Gasteiger partial charge in [-0.15, -0.1) is 0 Å². The van der Waals surface area contributed by atoms with E-state index in [4.69, 9.17) is 9.47 Å². The highest BCUT2D eigenvalue weighted by Gasteiger charge is 2.59. The van der Waals surface area contributed by atoms with Gasteiger partial charge in [-0.05, 0) is 32.3 Å². The van der Waals surface area contributed by atoms with E-state index in [1.807, 2.05) is 19.9 Å². The number of hydrogen-bond donors (Lipinski definition) is 2. The molecule has 0 bridgehead atoms. The smallest absolute Gasteiger partial charge is 0.408 e. The van der Waals surface area contributed by atoms with E-state index in [1.54, 1.807) is 45.0 Å². The molecule has 0 aliphatic carbocycles. The summed E-state index contributed by atoms with van der Waals surface area (Å²) in [4.78, 5) is 44.3. The molecule has 1 aromatic rings. The number of carbonyl (C=O) groups excluding carboxylic acids is 3. The van der Waals surface area contributed by atoms with Crippen LogP contribution in [0.15, 0.2) is 35.3 Å². The molecule has 1 aliphatic heterocycles. The first-order chi connectivity index (χ1) is 14.9. The molecule has 1 aliphatic rings. The molecule has 0 spiro atoms. The predicted molar refractivity (Wildman–Crippen MR) is 121 cm³/mol. The van der Waals surface area contributed by atoms with Crippen LogP contribution in [0.25, 0.3) is 0 Å². The molecule has 0 radical (unpaired) electrons. The van der Waals surface area contributed by atoms with Gasteiger partial charge in [0.25, 0.3) is 0 Å². The lowest BCUT2D eigenvalue weighted by Gasteiger charge is -2.38. The van der Waals surface area contributed by atoms with E-state index in [9.17, 15) is 19.5 Å². The lowest BCUT2D eigenvalue weighted by Crippen LogP contribution is -2.65. The molecule has 1 aromatic carbocycles. The van der Waals surface area contributed by atoms with E-state index >= 15 is 0 Å². The van der Waals surface area contributed by atoms with Crippen molar-refractivity contribution in [2.45, 2.75) is 64.1 Å². The minimum Gasteiger partial charge on any atom is -0.467 e. The van der Waals surface area contributed by atoms with Crippen molar-refractivity contribution >= 4 is 24.1 Å². The van der Waals surface area contributed by atoms with Crippen molar-refractivity contribution in [3.05, 3.63) is 35.9 Å². The Morgan fingerprint density at radius 3 is 2.34 bits per heavy atom. The molecular weight excluding hydrogens is 412 g/mol. The zero-order valence-corrected chi connectivity index (χ0v) is 19.7. The number of esters is 1. The van der Waals surface area contributed by atoms with Crippen LogP contribution < -0.4 is 5.32 Å². The monoisotopic (exact) mass is 446 g/mol. The molecule has 1 heterocycles. The zero-order chi connectivity index (χ0) is 24.2. The summed E-state index contributed by atoms with van der Waals surface area (Å²) in [5, 5.41) is 12.3. The Labute approximate surface area is 189 Å². The highest BCUT2D eigenvalue weighted by Crippen LogP contribution is 2.39. The van der Waals surface area contributed by atoms with Crippen LogP contribution in [-0.2, 0) is 25.5 Å². The minimum absolute atomic E-state index is 0.00448. The van der Waals surface area contributed by atoms with Gasteiger partial charge >= 0.3 is 12.1 Å². The van der Waals surface area contributed by atoms with Gasteiger partial charge in [-0.25, -0.2) is 9.59 Å². The standard InChI is InChI=1S/C24H34N2O6/c1-16(2)23(12-13-27)19(28)18(15-25-23)24(20(29)31-6,14-17-10-8-7-9-11-17)26-21(30)32-22(3,4)5/h7-11,15-16,18,27H,12-14H2,1-6H3,(H,26,30)/t18?,23-,24+/m1/s1. The van der Waals surface area contributed by atoms with Crippen molar-refractivity contribution < 1.29 is 29.0 Å². The summed E-state index contributed by atoms with van der Waals surface area (Å²) in [5.74, 6) is -2.45. The fourth-order valence-corrected chi connectivity index (χ4v) is 4.11. The number of alkyl carbamates (subject to hydrolysis) is 1. The molecule has 176 valence electrons. The van der Waals surface area contributed by atoms with E-state index in [0.717, 1.165) is 5.56 Å². The Morgan fingerprint density at radius 2 is 1.84 bits per heavy atom. The number of nitrogens with one attached hydrogen (secondary N) is 1. The van der Waals surface area contributed by atoms with Crippen LogP contribution in [0.3, 0.4) is 0 Å². The van der Waals surface area contributed by atoms with Crippen molar-refractivity contribution in [1.82, 2.24) is 5.32 Å². The number of amides is 1. The average Bonchev–Trinajstić information content (AvgIpc) is 3.04. The van der Waals surface area contributed by atoms with Gasteiger partial charge in [0.05, 0.1) is 13.0 Å². The molecule has 0 fully saturated rings. The van der Waals surface area contributed by atoms with E-state index < -0.39 is 34.7 Å². The van der Waals surface area contributed by atoms with Crippen molar-refractivity contribution in [2.24, 2.45) is 16.8 Å². The summed E-state index contributed by atoms with van der Waals surface area (Å²) >= 11 is 0. The lowest BCUT2D eigenvalue weighted by molar-refractivity contribution is -0.152. The second-order valence-corrected chi connectivity index (χ2v) is 9.42. The Morgan fingerprint density at radius 1 is 1.22 bits per heavy atom. The van der Waals surface area contributed by atoms with Crippen molar-refractivity contribution in [3.8, 4) is 0 Å². The first-order valence-electron chi connectivity index (χ1n) is 10.8. The Bertz CT molecular complexity index is 861. The summed E-state index contributed by atoms with van der Waals surface area (Å²) in [6.07, 6.45) is 0.681. The summed E-state index contributed by atoms with van der Waals surface area (Å²) in [5.41, 5.74) is -3.06. The third-order valence-electron chi connectivity index (χ3n) is 5.74. The third-order valence-corrected chi connectivity index (χ3v) is 5.74. The largest absolute Gasteiger partial charge is 0.467 e. The van der Waals surface area contributed by atoms with Gasteiger partial charge in [-0.1, -0.05) is 44.2 Å². The first kappa shape index (κ1) is 25.5. The molecule has 2 N–H and O–H groups in total. The molecule has 0 aromatic heterocycles. The number of Topliss-reactive ketones (excluding diaryl/α,β-unsaturated/α-hetero) is 1. The summed E-state index contributed by atoms with van der Waals surface area (Å²) in [6, 6.07) is 9.04. The third kappa shape index (κ3) is 5.18. The molecule has 32 heavy (non-hydrogen) atoms. The van der Waals surface area contributed by atoms with Crippen LogP contribution in [-0.4, -0.2) is 59.6 Å². The van der Waals surface area contributed by atoms with Gasteiger partial charge in [0.1, 0.15) is 11.1 Å². The molecule has 0 saturated heterocycles. The first-order valence-corrected chi connectivity index (χ1v) is 10.8. The number of nitrogens with zero attached hydrogens (tertiary/aromatic N) is 1. The number of benzene rings is 1. The number of aliphatic imine (C=N–C) groups is 1. The second kappa shape index (κ2) is 9.81. The number of carbonyl (C=O) groups is 3.